The number of aliphatic carboxylic acids is 1. The highest BCUT2D eigenvalue weighted by Crippen LogP contribution is 2.31. The quantitative estimate of drug-likeness (QED) is 0.573. The second-order valence-corrected chi connectivity index (χ2v) is 10.2. The molecule has 8 nitrogen and oxygen atoms in total. The lowest BCUT2D eigenvalue weighted by Gasteiger charge is -2.26. The number of carboxylic acids is 1. The lowest BCUT2D eigenvalue weighted by molar-refractivity contribution is -0.139. The maximum atomic E-state index is 13.2. The summed E-state index contributed by atoms with van der Waals surface area (Å²) in [6.07, 6.45) is -0.176. The van der Waals surface area contributed by atoms with Crippen molar-refractivity contribution in [3.8, 4) is 11.5 Å². The van der Waals surface area contributed by atoms with Gasteiger partial charge in [0.25, 0.3) is 0 Å². The third kappa shape index (κ3) is 5.40. The number of nitrogens with zero attached hydrogens (tertiary/aromatic N) is 1. The topological polar surface area (TPSA) is 102 Å². The average molecular weight is 464 g/mol. The van der Waals surface area contributed by atoms with Gasteiger partial charge in [0.2, 0.25) is 0 Å². The van der Waals surface area contributed by atoms with Crippen molar-refractivity contribution in [2.45, 2.75) is 23.0 Å². The summed E-state index contributed by atoms with van der Waals surface area (Å²) in [5, 5.41) is 9.84. The molecule has 1 N–H and O–H groups in total. The fourth-order valence-corrected chi connectivity index (χ4v) is 5.11. The summed E-state index contributed by atoms with van der Waals surface area (Å²) in [4.78, 5) is 14.3. The van der Waals surface area contributed by atoms with Crippen LogP contribution in [-0.4, -0.2) is 75.7 Å². The molecule has 174 valence electrons. The smallest absolute Gasteiger partial charge is 0.325 e. The zero-order chi connectivity index (χ0) is 23.2. The van der Waals surface area contributed by atoms with Gasteiger partial charge in [-0.25, -0.2) is 8.42 Å². The number of carbonyl (C=O) groups is 1. The molecule has 1 heterocycles. The van der Waals surface area contributed by atoms with Crippen molar-refractivity contribution in [1.29, 1.82) is 0 Å². The molecule has 1 fully saturated rings. The number of rotatable bonds is 10. The zero-order valence-corrected chi connectivity index (χ0v) is 19.1. The third-order valence-electron chi connectivity index (χ3n) is 5.66. The number of ether oxygens (including phenoxy) is 3. The van der Waals surface area contributed by atoms with Gasteiger partial charge in [0, 0.05) is 26.1 Å². The minimum Gasteiger partial charge on any atom is -0.497 e. The molecule has 2 aromatic rings. The first-order valence-corrected chi connectivity index (χ1v) is 11.9. The Kier molecular flexibility index (Phi) is 7.76. The number of methoxy groups -OCH3 is 1. The number of benzene rings is 2. The lowest BCUT2D eigenvalue weighted by atomic mass is 10.0. The van der Waals surface area contributed by atoms with Crippen LogP contribution in [0.4, 0.5) is 0 Å². The molecule has 0 saturated carbocycles. The first-order valence-electron chi connectivity index (χ1n) is 10.4. The van der Waals surface area contributed by atoms with Crippen molar-refractivity contribution in [3.05, 3.63) is 54.1 Å². The standard InChI is InChI=1S/C23H29NO7S/c1-23(22(25)26,32(27,28)21-9-7-19(29-2)8-10-21)17-18-3-5-20(6-4-18)31-16-13-24-11-14-30-15-12-24/h3-10H,11-17H2,1-2H3,(H,25,26). The van der Waals surface area contributed by atoms with Gasteiger partial charge in [0.15, 0.2) is 14.6 Å². The van der Waals surface area contributed by atoms with Crippen LogP contribution in [-0.2, 0) is 25.8 Å². The van der Waals surface area contributed by atoms with Crippen LogP contribution in [0.15, 0.2) is 53.4 Å². The number of hydrogen-bond acceptors (Lipinski definition) is 7. The summed E-state index contributed by atoms with van der Waals surface area (Å²) in [6, 6.07) is 12.6. The Morgan fingerprint density at radius 2 is 1.66 bits per heavy atom. The largest absolute Gasteiger partial charge is 0.497 e. The third-order valence-corrected chi connectivity index (χ3v) is 8.06. The SMILES string of the molecule is COc1ccc(S(=O)(=O)C(C)(Cc2ccc(OCCN3CCOCC3)cc2)C(=O)O)cc1. The summed E-state index contributed by atoms with van der Waals surface area (Å²) < 4.78 is 40.5. The molecule has 0 aliphatic carbocycles. The highest BCUT2D eigenvalue weighted by Gasteiger charge is 2.47. The number of hydrogen-bond donors (Lipinski definition) is 1. The van der Waals surface area contributed by atoms with Gasteiger partial charge >= 0.3 is 5.97 Å². The maximum Gasteiger partial charge on any atom is 0.325 e. The molecule has 1 aliphatic heterocycles. The van der Waals surface area contributed by atoms with Crippen molar-refractivity contribution in [1.82, 2.24) is 4.90 Å². The van der Waals surface area contributed by atoms with E-state index in [1.54, 1.807) is 24.3 Å². The van der Waals surface area contributed by atoms with Gasteiger partial charge in [-0.3, -0.25) is 9.69 Å². The van der Waals surface area contributed by atoms with E-state index >= 15 is 0 Å². The first kappa shape index (κ1) is 24.0. The van der Waals surface area contributed by atoms with Crippen LogP contribution in [0.25, 0.3) is 0 Å². The van der Waals surface area contributed by atoms with Crippen molar-refractivity contribution >= 4 is 15.8 Å². The van der Waals surface area contributed by atoms with Gasteiger partial charge < -0.3 is 19.3 Å². The van der Waals surface area contributed by atoms with Crippen LogP contribution in [0.3, 0.4) is 0 Å². The second kappa shape index (κ2) is 10.3. The summed E-state index contributed by atoms with van der Waals surface area (Å²) in [5.74, 6) is -0.263. The zero-order valence-electron chi connectivity index (χ0n) is 18.3. The normalized spacial score (nSPS) is 16.8. The van der Waals surface area contributed by atoms with E-state index in [1.165, 1.54) is 38.3 Å². The molecule has 0 bridgehead atoms. The summed E-state index contributed by atoms with van der Waals surface area (Å²) in [5.41, 5.74) is 0.590. The van der Waals surface area contributed by atoms with Crippen LogP contribution >= 0.6 is 0 Å². The Hall–Kier alpha value is -2.62. The Labute approximate surface area is 188 Å². The number of morpholine rings is 1. The molecule has 0 spiro atoms. The maximum absolute atomic E-state index is 13.2. The lowest BCUT2D eigenvalue weighted by Crippen LogP contribution is -2.45. The molecule has 32 heavy (non-hydrogen) atoms. The molecule has 0 amide bonds. The summed E-state index contributed by atoms with van der Waals surface area (Å²) >= 11 is 0. The molecule has 0 radical (unpaired) electrons. The molecule has 3 rings (SSSR count). The van der Waals surface area contributed by atoms with E-state index in [9.17, 15) is 18.3 Å². The fourth-order valence-electron chi connectivity index (χ4n) is 3.51. The van der Waals surface area contributed by atoms with E-state index in [2.05, 4.69) is 4.90 Å². The van der Waals surface area contributed by atoms with Crippen molar-refractivity contribution in [3.63, 3.8) is 0 Å². The van der Waals surface area contributed by atoms with Crippen LogP contribution in [0.1, 0.15) is 12.5 Å². The summed E-state index contributed by atoms with van der Waals surface area (Å²) in [7, 11) is -2.69. The predicted octanol–water partition coefficient (Wildman–Crippen LogP) is 2.27. The van der Waals surface area contributed by atoms with Crippen molar-refractivity contribution in [2.75, 3.05) is 46.6 Å². The van der Waals surface area contributed by atoms with E-state index in [1.807, 2.05) is 0 Å². The molecule has 1 aliphatic rings. The minimum atomic E-state index is -4.16. The van der Waals surface area contributed by atoms with E-state index in [-0.39, 0.29) is 11.3 Å². The second-order valence-electron chi connectivity index (χ2n) is 7.84. The van der Waals surface area contributed by atoms with Crippen LogP contribution in [0.2, 0.25) is 0 Å². The van der Waals surface area contributed by atoms with Crippen LogP contribution in [0, 0.1) is 0 Å². The molecule has 1 atom stereocenters. The van der Waals surface area contributed by atoms with E-state index in [4.69, 9.17) is 14.2 Å². The highest BCUT2D eigenvalue weighted by molar-refractivity contribution is 7.93. The Morgan fingerprint density at radius 1 is 1.06 bits per heavy atom. The molecule has 1 saturated heterocycles. The molecule has 0 aromatic heterocycles. The van der Waals surface area contributed by atoms with Gasteiger partial charge in [-0.2, -0.15) is 0 Å². The Bertz CT molecular complexity index is 1000. The highest BCUT2D eigenvalue weighted by atomic mass is 32.2. The molecule has 9 heteroatoms. The van der Waals surface area contributed by atoms with Crippen molar-refractivity contribution in [2.24, 2.45) is 0 Å². The predicted molar refractivity (Wildman–Crippen MR) is 119 cm³/mol. The molecular weight excluding hydrogens is 434 g/mol. The van der Waals surface area contributed by atoms with Gasteiger partial charge in [0.05, 0.1) is 25.2 Å². The van der Waals surface area contributed by atoms with Crippen LogP contribution < -0.4 is 9.47 Å². The van der Waals surface area contributed by atoms with Gasteiger partial charge in [-0.15, -0.1) is 0 Å². The van der Waals surface area contributed by atoms with Crippen LogP contribution in [0.5, 0.6) is 11.5 Å². The van der Waals surface area contributed by atoms with E-state index in [0.717, 1.165) is 32.8 Å². The Morgan fingerprint density at radius 3 is 2.22 bits per heavy atom. The van der Waals surface area contributed by atoms with Crippen molar-refractivity contribution < 1.29 is 32.5 Å². The summed E-state index contributed by atoms with van der Waals surface area (Å²) in [6.45, 7) is 5.80. The van der Waals surface area contributed by atoms with Gasteiger partial charge in [0.1, 0.15) is 18.1 Å². The molecular formula is C23H29NO7S. The Balaban J connectivity index is 1.68. The number of sulfone groups is 1. The van der Waals surface area contributed by atoms with E-state index < -0.39 is 20.6 Å². The monoisotopic (exact) mass is 463 g/mol. The fraction of sp³-hybridized carbons (Fsp3) is 0.435. The first-order chi connectivity index (χ1) is 15.3. The molecule has 2 aromatic carbocycles. The number of carboxylic acid groups (broad SMARTS) is 1. The van der Waals surface area contributed by atoms with Gasteiger partial charge in [-0.05, 0) is 48.9 Å². The van der Waals surface area contributed by atoms with E-state index in [0.29, 0.717) is 23.7 Å². The minimum absolute atomic E-state index is 0.0636. The average Bonchev–Trinajstić information content (AvgIpc) is 2.80. The van der Waals surface area contributed by atoms with Gasteiger partial charge in [-0.1, -0.05) is 12.1 Å². The molecule has 1 unspecified atom stereocenters.